The van der Waals surface area contributed by atoms with Gasteiger partial charge in [0.25, 0.3) is 0 Å². The SMILES string of the molecule is CCCCCCCC/C=C/CO[Si](C)(C)OCCCC. The fraction of sp³-hybridized carbons (Fsp3) is 0.882. The van der Waals surface area contributed by atoms with Crippen molar-refractivity contribution in [2.75, 3.05) is 13.2 Å². The third-order valence-electron chi connectivity index (χ3n) is 3.37. The first kappa shape index (κ1) is 19.9. The van der Waals surface area contributed by atoms with Gasteiger partial charge in [-0.1, -0.05) is 64.5 Å². The van der Waals surface area contributed by atoms with Gasteiger partial charge < -0.3 is 8.85 Å². The van der Waals surface area contributed by atoms with Gasteiger partial charge in [0.05, 0.1) is 6.61 Å². The number of allylic oxidation sites excluding steroid dienone is 1. The van der Waals surface area contributed by atoms with Gasteiger partial charge in [-0.25, -0.2) is 0 Å². The van der Waals surface area contributed by atoms with Crippen molar-refractivity contribution in [2.24, 2.45) is 0 Å². The van der Waals surface area contributed by atoms with Crippen LogP contribution >= 0.6 is 0 Å². The molecular weight excluding hydrogens is 264 g/mol. The summed E-state index contributed by atoms with van der Waals surface area (Å²) in [4.78, 5) is 0. The molecule has 20 heavy (non-hydrogen) atoms. The van der Waals surface area contributed by atoms with Gasteiger partial charge in [-0.15, -0.1) is 0 Å². The van der Waals surface area contributed by atoms with E-state index < -0.39 is 8.56 Å². The smallest absolute Gasteiger partial charge is 0.331 e. The van der Waals surface area contributed by atoms with E-state index in [0.29, 0.717) is 6.61 Å². The van der Waals surface area contributed by atoms with Crippen molar-refractivity contribution in [3.05, 3.63) is 12.2 Å². The van der Waals surface area contributed by atoms with E-state index in [-0.39, 0.29) is 0 Å². The summed E-state index contributed by atoms with van der Waals surface area (Å²) in [5, 5.41) is 0. The van der Waals surface area contributed by atoms with Crippen LogP contribution in [0, 0.1) is 0 Å². The van der Waals surface area contributed by atoms with Gasteiger partial charge in [-0.2, -0.15) is 0 Å². The first-order valence-corrected chi connectivity index (χ1v) is 11.4. The molecule has 0 unspecified atom stereocenters. The maximum absolute atomic E-state index is 5.87. The lowest BCUT2D eigenvalue weighted by molar-refractivity contribution is 0.192. The molecule has 0 atom stereocenters. The molecule has 0 rings (SSSR count). The molecule has 2 nitrogen and oxygen atoms in total. The zero-order valence-corrected chi connectivity index (χ0v) is 15.2. The zero-order valence-electron chi connectivity index (χ0n) is 14.2. The predicted octanol–water partition coefficient (Wildman–Crippen LogP) is 5.83. The minimum atomic E-state index is -1.88. The van der Waals surface area contributed by atoms with Crippen LogP contribution in [0.2, 0.25) is 13.1 Å². The molecule has 0 heterocycles. The largest absolute Gasteiger partial charge is 0.395 e. The second kappa shape index (κ2) is 13.8. The molecule has 0 aliphatic heterocycles. The van der Waals surface area contributed by atoms with Crippen LogP contribution in [0.5, 0.6) is 0 Å². The molecule has 0 saturated carbocycles. The van der Waals surface area contributed by atoms with Crippen molar-refractivity contribution >= 4 is 8.56 Å². The summed E-state index contributed by atoms with van der Waals surface area (Å²) >= 11 is 0. The fourth-order valence-corrected chi connectivity index (χ4v) is 3.20. The van der Waals surface area contributed by atoms with Crippen molar-refractivity contribution in [1.29, 1.82) is 0 Å². The molecule has 0 aliphatic carbocycles. The van der Waals surface area contributed by atoms with Crippen LogP contribution in [0.15, 0.2) is 12.2 Å². The summed E-state index contributed by atoms with van der Waals surface area (Å²) in [6.45, 7) is 10.3. The lowest BCUT2D eigenvalue weighted by Gasteiger charge is -2.21. The van der Waals surface area contributed by atoms with Crippen molar-refractivity contribution < 1.29 is 8.85 Å². The van der Waals surface area contributed by atoms with Gasteiger partial charge >= 0.3 is 8.56 Å². The number of rotatable bonds is 14. The molecule has 0 radical (unpaired) electrons. The molecule has 0 aliphatic rings. The molecule has 0 saturated heterocycles. The van der Waals surface area contributed by atoms with E-state index in [1.165, 1.54) is 51.4 Å². The molecule has 0 bridgehead atoms. The van der Waals surface area contributed by atoms with Gasteiger partial charge in [0, 0.05) is 6.61 Å². The van der Waals surface area contributed by atoms with Gasteiger partial charge in [0.15, 0.2) is 0 Å². The van der Waals surface area contributed by atoms with Crippen molar-refractivity contribution in [2.45, 2.75) is 84.7 Å². The summed E-state index contributed by atoms with van der Waals surface area (Å²) in [5.74, 6) is 0. The van der Waals surface area contributed by atoms with Crippen LogP contribution < -0.4 is 0 Å². The molecule has 3 heteroatoms. The first-order chi connectivity index (χ1) is 9.62. The topological polar surface area (TPSA) is 18.5 Å². The molecule has 0 aromatic heterocycles. The minimum Gasteiger partial charge on any atom is -0.395 e. The Balaban J connectivity index is 3.41. The van der Waals surface area contributed by atoms with Crippen molar-refractivity contribution in [3.63, 3.8) is 0 Å². The van der Waals surface area contributed by atoms with Crippen LogP contribution in [0.1, 0.15) is 71.6 Å². The maximum atomic E-state index is 5.87. The Morgan fingerprint density at radius 2 is 1.40 bits per heavy atom. The Morgan fingerprint density at radius 1 is 0.750 bits per heavy atom. The van der Waals surface area contributed by atoms with E-state index >= 15 is 0 Å². The minimum absolute atomic E-state index is 0.710. The number of unbranched alkanes of at least 4 members (excludes halogenated alkanes) is 7. The first-order valence-electron chi connectivity index (χ1n) is 8.55. The monoisotopic (exact) mass is 300 g/mol. The van der Waals surface area contributed by atoms with E-state index in [2.05, 4.69) is 39.1 Å². The molecule has 0 fully saturated rings. The standard InChI is InChI=1S/C17H36O2Si/c1-5-7-9-10-11-12-13-14-15-17-19-20(3,4)18-16-8-6-2/h14-15H,5-13,16-17H2,1-4H3/b15-14+. The highest BCUT2D eigenvalue weighted by atomic mass is 28.4. The van der Waals surface area contributed by atoms with Gasteiger partial charge in [-0.3, -0.25) is 0 Å². The third-order valence-corrected chi connectivity index (χ3v) is 5.13. The number of hydrogen-bond donors (Lipinski definition) is 0. The molecule has 120 valence electrons. The maximum Gasteiger partial charge on any atom is 0.331 e. The molecule has 0 aromatic carbocycles. The van der Waals surface area contributed by atoms with E-state index in [1.807, 2.05) is 0 Å². The summed E-state index contributed by atoms with van der Waals surface area (Å²) in [6.07, 6.45) is 16.1. The Labute approximate surface area is 128 Å². The van der Waals surface area contributed by atoms with Crippen LogP contribution in [0.25, 0.3) is 0 Å². The normalized spacial score (nSPS) is 12.4. The second-order valence-corrected chi connectivity index (χ2v) is 9.32. The van der Waals surface area contributed by atoms with E-state index in [4.69, 9.17) is 8.85 Å². The molecular formula is C17H36O2Si. The second-order valence-electron chi connectivity index (χ2n) is 5.94. The van der Waals surface area contributed by atoms with Crippen LogP contribution in [0.3, 0.4) is 0 Å². The number of hydrogen-bond acceptors (Lipinski definition) is 2. The molecule has 0 spiro atoms. The Hall–Kier alpha value is -0.123. The Morgan fingerprint density at radius 3 is 2.10 bits per heavy atom. The Bertz CT molecular complexity index is 227. The molecule has 0 amide bonds. The van der Waals surface area contributed by atoms with Crippen molar-refractivity contribution in [3.8, 4) is 0 Å². The lowest BCUT2D eigenvalue weighted by atomic mass is 10.1. The summed E-state index contributed by atoms with van der Waals surface area (Å²) < 4.78 is 11.7. The fourth-order valence-electron chi connectivity index (χ4n) is 1.98. The highest BCUT2D eigenvalue weighted by Gasteiger charge is 2.23. The highest BCUT2D eigenvalue weighted by Crippen LogP contribution is 2.09. The molecule has 0 aromatic rings. The van der Waals surface area contributed by atoms with Crippen molar-refractivity contribution in [1.82, 2.24) is 0 Å². The highest BCUT2D eigenvalue weighted by molar-refractivity contribution is 6.64. The summed E-state index contributed by atoms with van der Waals surface area (Å²) in [6, 6.07) is 0. The third kappa shape index (κ3) is 14.3. The molecule has 0 N–H and O–H groups in total. The quantitative estimate of drug-likeness (QED) is 0.228. The van der Waals surface area contributed by atoms with E-state index in [1.54, 1.807) is 0 Å². The van der Waals surface area contributed by atoms with Crippen LogP contribution in [0.4, 0.5) is 0 Å². The zero-order chi connectivity index (χ0) is 15.1. The van der Waals surface area contributed by atoms with E-state index in [0.717, 1.165) is 13.0 Å². The average molecular weight is 301 g/mol. The van der Waals surface area contributed by atoms with Gasteiger partial charge in [0.1, 0.15) is 0 Å². The Kier molecular flexibility index (Phi) is 13.8. The van der Waals surface area contributed by atoms with Crippen LogP contribution in [-0.2, 0) is 8.85 Å². The lowest BCUT2D eigenvalue weighted by Crippen LogP contribution is -2.35. The predicted molar refractivity (Wildman–Crippen MR) is 91.4 cm³/mol. The summed E-state index contributed by atoms with van der Waals surface area (Å²) in [7, 11) is -1.88. The average Bonchev–Trinajstić information content (AvgIpc) is 2.41. The van der Waals surface area contributed by atoms with Gasteiger partial charge in [-0.05, 0) is 32.4 Å². The van der Waals surface area contributed by atoms with E-state index in [9.17, 15) is 0 Å². The van der Waals surface area contributed by atoms with Crippen LogP contribution in [-0.4, -0.2) is 21.8 Å². The van der Waals surface area contributed by atoms with Gasteiger partial charge in [0.2, 0.25) is 0 Å². The summed E-state index contributed by atoms with van der Waals surface area (Å²) in [5.41, 5.74) is 0.